The van der Waals surface area contributed by atoms with Crippen LogP contribution in [0.1, 0.15) is 26.2 Å². The van der Waals surface area contributed by atoms with Crippen molar-refractivity contribution in [3.05, 3.63) is 12.2 Å². The first-order valence-electron chi connectivity index (χ1n) is 6.27. The average molecular weight is 219 g/mol. The topological polar surface area (TPSA) is 37.4 Å². The lowest BCUT2D eigenvalue weighted by molar-refractivity contribution is -0.140. The summed E-state index contributed by atoms with van der Waals surface area (Å²) in [6.07, 6.45) is 7.26. The summed E-state index contributed by atoms with van der Waals surface area (Å²) < 4.78 is 0. The zero-order valence-electron chi connectivity index (χ0n) is 9.56. The van der Waals surface area contributed by atoms with Crippen molar-refractivity contribution in [2.45, 2.75) is 26.2 Å². The first-order chi connectivity index (χ1) is 7.74. The Morgan fingerprint density at radius 1 is 1.19 bits per heavy atom. The van der Waals surface area contributed by atoms with E-state index in [0.29, 0.717) is 18.4 Å². The number of imide groups is 1. The number of nitrogens with zero attached hydrogens (tertiary/aromatic N) is 1. The van der Waals surface area contributed by atoms with Crippen molar-refractivity contribution in [3.8, 4) is 0 Å². The maximum Gasteiger partial charge on any atom is 0.233 e. The van der Waals surface area contributed by atoms with Gasteiger partial charge in [-0.25, -0.2) is 0 Å². The number of hydrogen-bond acceptors (Lipinski definition) is 2. The van der Waals surface area contributed by atoms with Gasteiger partial charge in [0.25, 0.3) is 0 Å². The van der Waals surface area contributed by atoms with Crippen molar-refractivity contribution in [2.24, 2.45) is 23.7 Å². The van der Waals surface area contributed by atoms with Crippen LogP contribution in [0, 0.1) is 23.7 Å². The van der Waals surface area contributed by atoms with Gasteiger partial charge >= 0.3 is 0 Å². The van der Waals surface area contributed by atoms with Gasteiger partial charge in [-0.3, -0.25) is 14.5 Å². The van der Waals surface area contributed by atoms with Gasteiger partial charge in [-0.1, -0.05) is 25.5 Å². The lowest BCUT2D eigenvalue weighted by atomic mass is 9.85. The zero-order chi connectivity index (χ0) is 11.3. The van der Waals surface area contributed by atoms with Gasteiger partial charge in [0.05, 0.1) is 11.8 Å². The second kappa shape index (κ2) is 3.44. The molecule has 0 radical (unpaired) electrons. The number of carbonyl (C=O) groups is 2. The fourth-order valence-electron chi connectivity index (χ4n) is 3.50. The molecule has 4 atom stereocenters. The van der Waals surface area contributed by atoms with Gasteiger partial charge in [-0.2, -0.15) is 0 Å². The molecule has 1 heterocycles. The molecule has 16 heavy (non-hydrogen) atoms. The molecule has 2 aliphatic carbocycles. The number of fused-ring (bicyclic) bond motifs is 5. The van der Waals surface area contributed by atoms with Crippen LogP contribution in [0.4, 0.5) is 0 Å². The lowest BCUT2D eigenvalue weighted by Crippen LogP contribution is -2.33. The molecule has 2 bridgehead atoms. The molecule has 86 valence electrons. The number of allylic oxidation sites excluding steroid dienone is 2. The van der Waals surface area contributed by atoms with Crippen LogP contribution >= 0.6 is 0 Å². The second-order valence-electron chi connectivity index (χ2n) is 5.18. The van der Waals surface area contributed by atoms with Gasteiger partial charge in [0, 0.05) is 6.54 Å². The van der Waals surface area contributed by atoms with Crippen LogP contribution in [0.2, 0.25) is 0 Å². The van der Waals surface area contributed by atoms with E-state index in [4.69, 9.17) is 0 Å². The summed E-state index contributed by atoms with van der Waals surface area (Å²) in [5, 5.41) is 0. The zero-order valence-corrected chi connectivity index (χ0v) is 9.56. The Bertz CT molecular complexity index is 344. The van der Waals surface area contributed by atoms with Crippen molar-refractivity contribution in [3.63, 3.8) is 0 Å². The molecule has 0 N–H and O–H groups in total. The highest BCUT2D eigenvalue weighted by Crippen LogP contribution is 2.52. The largest absolute Gasteiger partial charge is 0.282 e. The fourth-order valence-corrected chi connectivity index (χ4v) is 3.50. The summed E-state index contributed by atoms with van der Waals surface area (Å²) in [5.41, 5.74) is 0. The fraction of sp³-hybridized carbons (Fsp3) is 0.692. The van der Waals surface area contributed by atoms with E-state index in [-0.39, 0.29) is 23.7 Å². The molecule has 2 fully saturated rings. The van der Waals surface area contributed by atoms with E-state index in [0.717, 1.165) is 19.3 Å². The van der Waals surface area contributed by atoms with Crippen LogP contribution < -0.4 is 0 Å². The van der Waals surface area contributed by atoms with Crippen LogP contribution in [0.5, 0.6) is 0 Å². The first-order valence-corrected chi connectivity index (χ1v) is 6.27. The lowest BCUT2D eigenvalue weighted by Gasteiger charge is -2.16. The maximum absolute atomic E-state index is 12.2. The van der Waals surface area contributed by atoms with Crippen molar-refractivity contribution in [1.29, 1.82) is 0 Å². The van der Waals surface area contributed by atoms with Crippen LogP contribution in [0.3, 0.4) is 0 Å². The highest BCUT2D eigenvalue weighted by Gasteiger charge is 2.58. The highest BCUT2D eigenvalue weighted by molar-refractivity contribution is 6.06. The third kappa shape index (κ3) is 1.14. The molecule has 1 saturated carbocycles. The monoisotopic (exact) mass is 219 g/mol. The molecule has 3 rings (SSSR count). The Balaban J connectivity index is 1.83. The summed E-state index contributed by atoms with van der Waals surface area (Å²) >= 11 is 0. The SMILES string of the molecule is CCCCN1C(=O)C2C3C=CC(C3)C2C1=O. The van der Waals surface area contributed by atoms with E-state index in [1.54, 1.807) is 0 Å². The smallest absolute Gasteiger partial charge is 0.233 e. The van der Waals surface area contributed by atoms with Gasteiger partial charge in [0.2, 0.25) is 11.8 Å². The van der Waals surface area contributed by atoms with Crippen LogP contribution in [0.15, 0.2) is 12.2 Å². The molecule has 0 aromatic heterocycles. The van der Waals surface area contributed by atoms with E-state index in [1.165, 1.54) is 4.90 Å². The average Bonchev–Trinajstić information content (AvgIpc) is 2.92. The number of carbonyl (C=O) groups excluding carboxylic acids is 2. The molecule has 1 aliphatic heterocycles. The van der Waals surface area contributed by atoms with Gasteiger partial charge in [0.15, 0.2) is 0 Å². The van der Waals surface area contributed by atoms with E-state index in [9.17, 15) is 9.59 Å². The standard InChI is InChI=1S/C13H17NO2/c1-2-3-6-14-12(15)10-8-4-5-9(7-8)11(10)13(14)16/h4-5,8-11H,2-3,6-7H2,1H3. The Labute approximate surface area is 95.5 Å². The Kier molecular flexibility index (Phi) is 2.16. The van der Waals surface area contributed by atoms with Gasteiger partial charge in [-0.05, 0) is 24.7 Å². The van der Waals surface area contributed by atoms with Crippen molar-refractivity contribution in [2.75, 3.05) is 6.54 Å². The summed E-state index contributed by atoms with van der Waals surface area (Å²) in [6, 6.07) is 0. The third-order valence-electron chi connectivity index (χ3n) is 4.30. The first kappa shape index (κ1) is 10.1. The highest BCUT2D eigenvalue weighted by atomic mass is 16.2. The van der Waals surface area contributed by atoms with Gasteiger partial charge in [0.1, 0.15) is 0 Å². The molecular weight excluding hydrogens is 202 g/mol. The summed E-state index contributed by atoms with van der Waals surface area (Å²) in [6.45, 7) is 2.71. The predicted molar refractivity (Wildman–Crippen MR) is 59.3 cm³/mol. The van der Waals surface area contributed by atoms with Crippen LogP contribution in [0.25, 0.3) is 0 Å². The minimum absolute atomic E-state index is 0.0145. The van der Waals surface area contributed by atoms with Crippen molar-refractivity contribution < 1.29 is 9.59 Å². The molecular formula is C13H17NO2. The van der Waals surface area contributed by atoms with Crippen molar-refractivity contribution in [1.82, 2.24) is 4.90 Å². The molecule has 1 saturated heterocycles. The minimum Gasteiger partial charge on any atom is -0.282 e. The van der Waals surface area contributed by atoms with E-state index < -0.39 is 0 Å². The number of unbranched alkanes of at least 4 members (excludes halogenated alkanes) is 1. The molecule has 3 aliphatic rings. The molecule has 3 heteroatoms. The molecule has 4 unspecified atom stereocenters. The van der Waals surface area contributed by atoms with E-state index in [1.807, 2.05) is 0 Å². The van der Waals surface area contributed by atoms with E-state index in [2.05, 4.69) is 19.1 Å². The number of hydrogen-bond donors (Lipinski definition) is 0. The normalized spacial score (nSPS) is 39.9. The molecule has 3 nitrogen and oxygen atoms in total. The predicted octanol–water partition coefficient (Wildman–Crippen LogP) is 1.59. The Morgan fingerprint density at radius 2 is 1.75 bits per heavy atom. The third-order valence-corrected chi connectivity index (χ3v) is 4.30. The summed E-state index contributed by atoms with van der Waals surface area (Å²) in [5.74, 6) is 0.857. The summed E-state index contributed by atoms with van der Waals surface area (Å²) in [4.78, 5) is 25.8. The quantitative estimate of drug-likeness (QED) is 0.534. The molecule has 0 aromatic carbocycles. The van der Waals surface area contributed by atoms with Crippen LogP contribution in [-0.2, 0) is 9.59 Å². The molecule has 0 aromatic rings. The maximum atomic E-state index is 12.2. The summed E-state index contributed by atoms with van der Waals surface area (Å²) in [7, 11) is 0. The number of likely N-dealkylation sites (tertiary alicyclic amines) is 1. The van der Waals surface area contributed by atoms with Gasteiger partial charge < -0.3 is 0 Å². The number of amides is 2. The van der Waals surface area contributed by atoms with Crippen molar-refractivity contribution >= 4 is 11.8 Å². The van der Waals surface area contributed by atoms with Gasteiger partial charge in [-0.15, -0.1) is 0 Å². The Hall–Kier alpha value is -1.12. The Morgan fingerprint density at radius 3 is 2.25 bits per heavy atom. The second-order valence-corrected chi connectivity index (χ2v) is 5.18. The molecule has 0 spiro atoms. The number of rotatable bonds is 3. The van der Waals surface area contributed by atoms with Crippen LogP contribution in [-0.4, -0.2) is 23.3 Å². The molecule has 2 amide bonds. The minimum atomic E-state index is -0.0145. The van der Waals surface area contributed by atoms with E-state index >= 15 is 0 Å².